The van der Waals surface area contributed by atoms with Gasteiger partial charge in [0.15, 0.2) is 0 Å². The minimum absolute atomic E-state index is 0.0284. The van der Waals surface area contributed by atoms with Gasteiger partial charge in [0.1, 0.15) is 6.79 Å². The van der Waals surface area contributed by atoms with Crippen molar-refractivity contribution in [3.8, 4) is 0 Å². The van der Waals surface area contributed by atoms with Crippen molar-refractivity contribution in [1.29, 1.82) is 0 Å². The lowest BCUT2D eigenvalue weighted by Crippen LogP contribution is -2.09. The van der Waals surface area contributed by atoms with E-state index in [-0.39, 0.29) is 23.9 Å². The lowest BCUT2D eigenvalue weighted by atomic mass is 10.0. The third-order valence-electron chi connectivity index (χ3n) is 11.1. The van der Waals surface area contributed by atoms with Crippen LogP contribution in [0.3, 0.4) is 0 Å². The van der Waals surface area contributed by atoms with E-state index >= 15 is 0 Å². The second-order valence-corrected chi connectivity index (χ2v) is 18.3. The maximum Gasteiger partial charge on any atom is 0.305 e. The molecule has 62 heavy (non-hydrogen) atoms. The largest absolute Gasteiger partial charge is 0.469 e. The van der Waals surface area contributed by atoms with Crippen LogP contribution in [0.2, 0.25) is 0 Å². The zero-order valence-corrected chi connectivity index (χ0v) is 41.8. The fraction of sp³-hybridized carbons (Fsp3) is 0.906. The Morgan fingerprint density at radius 2 is 0.435 bits per heavy atom. The molecule has 9 heteroatoms. The number of hydrogen-bond donors (Lipinski definition) is 0. The molecule has 0 aliphatic heterocycles. The van der Waals surface area contributed by atoms with Crippen molar-refractivity contribution in [3.63, 3.8) is 0 Å². The molecule has 0 N–H and O–H groups in total. The van der Waals surface area contributed by atoms with Gasteiger partial charge in [-0.05, 0) is 37.5 Å². The van der Waals surface area contributed by atoms with Crippen molar-refractivity contribution in [1.82, 2.24) is 0 Å². The average molecular weight is 883 g/mol. The van der Waals surface area contributed by atoms with Gasteiger partial charge in [-0.3, -0.25) is 19.2 Å². The number of methoxy groups -OCH3 is 2. The number of carbonyl (C=O) groups excluding carboxylic acids is 5. The Kier molecular flexibility index (Phi) is 56.3. The van der Waals surface area contributed by atoms with Crippen LogP contribution in [0.15, 0.2) is 0 Å². The monoisotopic (exact) mass is 883 g/mol. The molecule has 0 aromatic heterocycles. The van der Waals surface area contributed by atoms with E-state index < -0.39 is 0 Å². The molecule has 368 valence electrons. The van der Waals surface area contributed by atoms with E-state index in [9.17, 15) is 19.2 Å². The van der Waals surface area contributed by atoms with Gasteiger partial charge in [0.05, 0.1) is 27.4 Å². The van der Waals surface area contributed by atoms with Gasteiger partial charge in [-0.15, -0.1) is 0 Å². The smallest absolute Gasteiger partial charge is 0.305 e. The van der Waals surface area contributed by atoms with Crippen LogP contribution in [-0.4, -0.2) is 58.1 Å². The number of esters is 4. The zero-order valence-electron chi connectivity index (χ0n) is 41.8. The van der Waals surface area contributed by atoms with Crippen LogP contribution in [0.5, 0.6) is 0 Å². The zero-order chi connectivity index (χ0) is 46.6. The first-order chi connectivity index (χ1) is 30.1. The van der Waals surface area contributed by atoms with Crippen molar-refractivity contribution >= 4 is 30.7 Å². The molecule has 0 fully saturated rings. The van der Waals surface area contributed by atoms with Crippen molar-refractivity contribution in [3.05, 3.63) is 0 Å². The summed E-state index contributed by atoms with van der Waals surface area (Å²) in [4.78, 5) is 53.0. The molecule has 0 aliphatic rings. The lowest BCUT2D eigenvalue weighted by molar-refractivity contribution is -0.145. The van der Waals surface area contributed by atoms with Crippen molar-refractivity contribution in [2.24, 2.45) is 11.8 Å². The summed E-state index contributed by atoms with van der Waals surface area (Å²) in [6, 6.07) is 0. The first-order valence-electron chi connectivity index (χ1n) is 25.9. The summed E-state index contributed by atoms with van der Waals surface area (Å²) in [5.74, 6) is 0.640. The van der Waals surface area contributed by atoms with E-state index in [1.807, 2.05) is 6.79 Å². The molecule has 0 saturated carbocycles. The standard InChI is InChI=1S/2C26H50O4.CH2O/c2*1-24(2)23-30-26(28)22-20-18-16-14-12-10-8-6-4-5-7-9-11-13-15-17-19-21-25(27)29-3;1-2/h2*24H,4-23H2,1-3H3;1H2. The van der Waals surface area contributed by atoms with Gasteiger partial charge in [-0.25, -0.2) is 0 Å². The molecule has 0 radical (unpaired) electrons. The van der Waals surface area contributed by atoms with Crippen LogP contribution >= 0.6 is 0 Å². The third kappa shape index (κ3) is 59.6. The fourth-order valence-electron chi connectivity index (χ4n) is 7.25. The normalized spacial score (nSPS) is 10.8. The summed E-state index contributed by atoms with van der Waals surface area (Å²) in [5, 5.41) is 0. The van der Waals surface area contributed by atoms with Crippen LogP contribution in [0.4, 0.5) is 0 Å². The predicted octanol–water partition coefficient (Wildman–Crippen LogP) is 15.4. The lowest BCUT2D eigenvalue weighted by Gasteiger charge is -2.07. The number of rotatable bonds is 44. The summed E-state index contributed by atoms with van der Waals surface area (Å²) in [5.41, 5.74) is 0. The predicted molar refractivity (Wildman–Crippen MR) is 258 cm³/mol. The van der Waals surface area contributed by atoms with Gasteiger partial charge in [-0.1, -0.05) is 220 Å². The molecule has 9 nitrogen and oxygen atoms in total. The summed E-state index contributed by atoms with van der Waals surface area (Å²) < 4.78 is 19.7. The van der Waals surface area contributed by atoms with Crippen LogP contribution in [0.25, 0.3) is 0 Å². The molecule has 0 aromatic rings. The minimum atomic E-state index is -0.0777. The molecule has 0 aromatic carbocycles. The molecule has 0 amide bonds. The maximum atomic E-state index is 11.5. The van der Waals surface area contributed by atoms with Crippen LogP contribution in [-0.2, 0) is 42.9 Å². The Morgan fingerprint density at radius 1 is 0.290 bits per heavy atom. The Morgan fingerprint density at radius 3 is 0.581 bits per heavy atom. The van der Waals surface area contributed by atoms with Gasteiger partial charge in [0.2, 0.25) is 0 Å². The molecule has 0 aliphatic carbocycles. The topological polar surface area (TPSA) is 122 Å². The average Bonchev–Trinajstić information content (AvgIpc) is 3.27. The molecule has 0 unspecified atom stereocenters. The van der Waals surface area contributed by atoms with E-state index in [0.717, 1.165) is 51.4 Å². The second kappa shape index (κ2) is 54.7. The fourth-order valence-corrected chi connectivity index (χ4v) is 7.25. The molecule has 0 rings (SSSR count). The maximum absolute atomic E-state index is 11.5. The highest BCUT2D eigenvalue weighted by Crippen LogP contribution is 2.17. The third-order valence-corrected chi connectivity index (χ3v) is 11.1. The second-order valence-electron chi connectivity index (χ2n) is 18.3. The molecule has 0 atom stereocenters. The van der Waals surface area contributed by atoms with Crippen molar-refractivity contribution in [2.45, 2.75) is 272 Å². The highest BCUT2D eigenvalue weighted by Gasteiger charge is 2.06. The highest BCUT2D eigenvalue weighted by atomic mass is 16.5. The highest BCUT2D eigenvalue weighted by molar-refractivity contribution is 5.70. The molecule has 0 saturated heterocycles. The number of carbonyl (C=O) groups is 5. The summed E-state index contributed by atoms with van der Waals surface area (Å²) in [6.07, 6.45) is 45.7. The number of hydrogen-bond acceptors (Lipinski definition) is 9. The molecule has 0 bridgehead atoms. The van der Waals surface area contributed by atoms with Crippen molar-refractivity contribution < 1.29 is 42.9 Å². The van der Waals surface area contributed by atoms with E-state index in [0.29, 0.717) is 50.7 Å². The summed E-state index contributed by atoms with van der Waals surface area (Å²) in [7, 11) is 2.92. The SMILES string of the molecule is C=O.COC(=O)CCCCCCCCCCCCCCCCCCCC(=O)OCC(C)C.COC(=O)CCCCCCCCCCCCCCCCCCCC(=O)OCC(C)C. The Balaban J connectivity index is -0.00000108. The van der Waals surface area contributed by atoms with Crippen LogP contribution in [0.1, 0.15) is 272 Å². The quantitative estimate of drug-likeness (QED) is 0.0334. The Hall–Kier alpha value is -2.45. The van der Waals surface area contributed by atoms with E-state index in [4.69, 9.17) is 14.3 Å². The summed E-state index contributed by atoms with van der Waals surface area (Å²) in [6.45, 7) is 11.4. The van der Waals surface area contributed by atoms with E-state index in [1.165, 1.54) is 181 Å². The number of ether oxygens (including phenoxy) is 4. The first-order valence-corrected chi connectivity index (χ1v) is 25.9. The summed E-state index contributed by atoms with van der Waals surface area (Å²) >= 11 is 0. The molecule has 0 heterocycles. The van der Waals surface area contributed by atoms with Crippen LogP contribution in [0, 0.1) is 11.8 Å². The van der Waals surface area contributed by atoms with Gasteiger partial charge >= 0.3 is 23.9 Å². The molecular weight excluding hydrogens is 781 g/mol. The van der Waals surface area contributed by atoms with Gasteiger partial charge < -0.3 is 23.7 Å². The van der Waals surface area contributed by atoms with Crippen molar-refractivity contribution in [2.75, 3.05) is 27.4 Å². The van der Waals surface area contributed by atoms with E-state index in [2.05, 4.69) is 37.2 Å². The van der Waals surface area contributed by atoms with E-state index in [1.54, 1.807) is 0 Å². The minimum Gasteiger partial charge on any atom is -0.469 e. The molecular formula is C53H102O9. The molecule has 0 spiro atoms. The Bertz CT molecular complexity index is 877. The Labute approximate surface area is 383 Å². The van der Waals surface area contributed by atoms with Crippen LogP contribution < -0.4 is 0 Å². The first kappa shape index (κ1) is 63.8. The van der Waals surface area contributed by atoms with Gasteiger partial charge in [0.25, 0.3) is 0 Å². The van der Waals surface area contributed by atoms with Gasteiger partial charge in [-0.2, -0.15) is 0 Å². The number of unbranched alkanes of at least 4 members (excludes halogenated alkanes) is 32. The van der Waals surface area contributed by atoms with Gasteiger partial charge in [0, 0.05) is 25.7 Å².